The molecule has 4 aromatic rings. The number of hydrogen-bond acceptors (Lipinski definition) is 4. The highest BCUT2D eigenvalue weighted by atomic mass is 32.1. The van der Waals surface area contributed by atoms with Gasteiger partial charge in [0, 0.05) is 0 Å². The van der Waals surface area contributed by atoms with Crippen LogP contribution in [0.1, 0.15) is 0 Å². The number of nitrogens with one attached hydrogen (secondary N) is 1. The van der Waals surface area contributed by atoms with Gasteiger partial charge in [-0.25, -0.2) is 9.88 Å². The highest BCUT2D eigenvalue weighted by Gasteiger charge is 2.17. The highest BCUT2D eigenvalue weighted by Crippen LogP contribution is 2.30. The van der Waals surface area contributed by atoms with Crippen molar-refractivity contribution in [3.63, 3.8) is 0 Å². The first-order valence-electron chi connectivity index (χ1n) is 6.31. The van der Waals surface area contributed by atoms with Gasteiger partial charge >= 0.3 is 5.13 Å². The van der Waals surface area contributed by atoms with Crippen LogP contribution in [0.5, 0.6) is 0 Å². The maximum atomic E-state index is 4.62. The van der Waals surface area contributed by atoms with Gasteiger partial charge in [-0.1, -0.05) is 35.6 Å². The lowest BCUT2D eigenvalue weighted by molar-refractivity contribution is -0.626. The van der Waals surface area contributed by atoms with Crippen LogP contribution in [0.15, 0.2) is 48.5 Å². The van der Waals surface area contributed by atoms with E-state index in [0.29, 0.717) is 0 Å². The van der Waals surface area contributed by atoms with Crippen LogP contribution in [0.4, 0.5) is 10.3 Å². The van der Waals surface area contributed by atoms with E-state index >= 15 is 0 Å². The Morgan fingerprint density at radius 2 is 1.70 bits per heavy atom. The Morgan fingerprint density at radius 1 is 0.950 bits per heavy atom. The zero-order chi connectivity index (χ0) is 13.5. The Kier molecular flexibility index (Phi) is 2.68. The van der Waals surface area contributed by atoms with Crippen molar-refractivity contribution in [2.24, 2.45) is 7.05 Å². The number of hydrogen-bond donors (Lipinski definition) is 1. The SMILES string of the molecule is C[n+]1c(Nc2nc3ccccc3s2)sc2ccccc21. The molecule has 2 heterocycles. The summed E-state index contributed by atoms with van der Waals surface area (Å²) in [6.07, 6.45) is 0. The maximum absolute atomic E-state index is 4.62. The van der Waals surface area contributed by atoms with Gasteiger partial charge in [0.2, 0.25) is 0 Å². The summed E-state index contributed by atoms with van der Waals surface area (Å²) in [6, 6.07) is 16.6. The molecule has 0 atom stereocenters. The number of thiazole rings is 2. The van der Waals surface area contributed by atoms with E-state index in [1.807, 2.05) is 18.2 Å². The van der Waals surface area contributed by atoms with Crippen molar-refractivity contribution in [1.29, 1.82) is 0 Å². The fourth-order valence-corrected chi connectivity index (χ4v) is 4.21. The van der Waals surface area contributed by atoms with Crippen molar-refractivity contribution < 1.29 is 4.57 Å². The number of fused-ring (bicyclic) bond motifs is 2. The molecule has 3 nitrogen and oxygen atoms in total. The molecule has 4 rings (SSSR count). The van der Waals surface area contributed by atoms with Crippen LogP contribution in [0.25, 0.3) is 20.4 Å². The topological polar surface area (TPSA) is 28.8 Å². The quantitative estimate of drug-likeness (QED) is 0.565. The Labute approximate surface area is 124 Å². The Morgan fingerprint density at radius 3 is 2.50 bits per heavy atom. The summed E-state index contributed by atoms with van der Waals surface area (Å²) in [5.74, 6) is 0. The van der Waals surface area contributed by atoms with Gasteiger partial charge in [-0.3, -0.25) is 0 Å². The van der Waals surface area contributed by atoms with Crippen molar-refractivity contribution in [3.8, 4) is 0 Å². The van der Waals surface area contributed by atoms with E-state index in [-0.39, 0.29) is 0 Å². The summed E-state index contributed by atoms with van der Waals surface area (Å²) in [6.45, 7) is 0. The largest absolute Gasteiger partial charge is 0.341 e. The van der Waals surface area contributed by atoms with Crippen molar-refractivity contribution >= 4 is 53.4 Å². The summed E-state index contributed by atoms with van der Waals surface area (Å²) in [5, 5.41) is 5.48. The molecule has 0 bridgehead atoms. The number of rotatable bonds is 2. The van der Waals surface area contributed by atoms with E-state index in [9.17, 15) is 0 Å². The number of anilines is 2. The molecule has 0 saturated heterocycles. The molecule has 0 saturated carbocycles. The fraction of sp³-hybridized carbons (Fsp3) is 0.0667. The van der Waals surface area contributed by atoms with Crippen molar-refractivity contribution in [2.45, 2.75) is 0 Å². The summed E-state index contributed by atoms with van der Waals surface area (Å²) in [7, 11) is 2.08. The van der Waals surface area contributed by atoms with Gasteiger partial charge in [0.05, 0.1) is 22.0 Å². The van der Waals surface area contributed by atoms with E-state index in [1.165, 1.54) is 14.9 Å². The lowest BCUT2D eigenvalue weighted by atomic mass is 10.3. The Hall–Kier alpha value is -1.98. The average molecular weight is 298 g/mol. The maximum Gasteiger partial charge on any atom is 0.341 e. The van der Waals surface area contributed by atoms with E-state index in [4.69, 9.17) is 0 Å². The van der Waals surface area contributed by atoms with E-state index < -0.39 is 0 Å². The summed E-state index contributed by atoms with van der Waals surface area (Å²) < 4.78 is 4.66. The second-order valence-corrected chi connectivity index (χ2v) is 6.61. The third-order valence-corrected chi connectivity index (χ3v) is 5.33. The van der Waals surface area contributed by atoms with Crippen LogP contribution in [0.2, 0.25) is 0 Å². The van der Waals surface area contributed by atoms with Crippen molar-refractivity contribution in [3.05, 3.63) is 48.5 Å². The fourth-order valence-electron chi connectivity index (χ4n) is 2.23. The first kappa shape index (κ1) is 11.8. The van der Waals surface area contributed by atoms with Gasteiger partial charge in [-0.2, -0.15) is 4.98 Å². The van der Waals surface area contributed by atoms with E-state index in [2.05, 4.69) is 52.2 Å². The van der Waals surface area contributed by atoms with Crippen LogP contribution < -0.4 is 9.88 Å². The molecule has 0 spiro atoms. The molecule has 2 aromatic carbocycles. The molecule has 0 aliphatic carbocycles. The number of benzene rings is 2. The molecule has 0 radical (unpaired) electrons. The molecule has 0 fully saturated rings. The minimum Gasteiger partial charge on any atom is -0.219 e. The van der Waals surface area contributed by atoms with Crippen LogP contribution >= 0.6 is 22.7 Å². The zero-order valence-corrected chi connectivity index (χ0v) is 12.5. The molecular formula is C15H12N3S2+. The van der Waals surface area contributed by atoms with Gasteiger partial charge in [-0.15, -0.1) is 0 Å². The summed E-state index contributed by atoms with van der Waals surface area (Å²) >= 11 is 3.43. The highest BCUT2D eigenvalue weighted by molar-refractivity contribution is 7.24. The molecule has 98 valence electrons. The van der Waals surface area contributed by atoms with Crippen molar-refractivity contribution in [1.82, 2.24) is 4.98 Å². The predicted octanol–water partition coefficient (Wildman–Crippen LogP) is 4.08. The van der Waals surface area contributed by atoms with Crippen LogP contribution in [-0.2, 0) is 7.05 Å². The molecule has 0 aliphatic heterocycles. The first-order chi connectivity index (χ1) is 9.81. The second-order valence-electron chi connectivity index (χ2n) is 4.55. The smallest absolute Gasteiger partial charge is 0.219 e. The monoisotopic (exact) mass is 298 g/mol. The van der Waals surface area contributed by atoms with Gasteiger partial charge in [0.25, 0.3) is 5.13 Å². The van der Waals surface area contributed by atoms with Gasteiger partial charge < -0.3 is 0 Å². The minimum absolute atomic E-state index is 0.938. The lowest BCUT2D eigenvalue weighted by Gasteiger charge is -1.92. The number of aromatic nitrogens is 2. The van der Waals surface area contributed by atoms with Gasteiger partial charge in [0.15, 0.2) is 0 Å². The predicted molar refractivity (Wildman–Crippen MR) is 85.9 cm³/mol. The molecule has 2 aromatic heterocycles. The molecule has 20 heavy (non-hydrogen) atoms. The zero-order valence-electron chi connectivity index (χ0n) is 10.8. The Balaban J connectivity index is 1.78. The number of nitrogens with zero attached hydrogens (tertiary/aromatic N) is 2. The minimum atomic E-state index is 0.938. The third-order valence-electron chi connectivity index (χ3n) is 3.25. The molecule has 5 heteroatoms. The molecule has 0 amide bonds. The van der Waals surface area contributed by atoms with Crippen LogP contribution in [0, 0.1) is 0 Å². The van der Waals surface area contributed by atoms with E-state index in [0.717, 1.165) is 15.8 Å². The van der Waals surface area contributed by atoms with Crippen molar-refractivity contribution in [2.75, 3.05) is 5.32 Å². The normalized spacial score (nSPS) is 11.2. The first-order valence-corrected chi connectivity index (χ1v) is 7.95. The van der Waals surface area contributed by atoms with Crippen LogP contribution in [0.3, 0.4) is 0 Å². The molecular weight excluding hydrogens is 286 g/mol. The standard InChI is InChI=1S/C15H11N3S2/c1-18-11-7-3-5-9-13(11)20-15(18)17-14-16-10-6-2-4-8-12(10)19-14/h2-9H,1H3/p+1. The van der Waals surface area contributed by atoms with Crippen LogP contribution in [-0.4, -0.2) is 4.98 Å². The van der Waals surface area contributed by atoms with Gasteiger partial charge in [-0.05, 0) is 35.6 Å². The summed E-state index contributed by atoms with van der Waals surface area (Å²) in [5.41, 5.74) is 2.28. The lowest BCUT2D eigenvalue weighted by Crippen LogP contribution is -2.28. The molecule has 0 unspecified atom stereocenters. The van der Waals surface area contributed by atoms with Gasteiger partial charge in [0.1, 0.15) is 5.52 Å². The number of aryl methyl sites for hydroxylation is 1. The molecule has 1 N–H and O–H groups in total. The molecule has 0 aliphatic rings. The van der Waals surface area contributed by atoms with E-state index in [1.54, 1.807) is 22.7 Å². The number of para-hydroxylation sites is 2. The summed E-state index contributed by atoms with van der Waals surface area (Å²) in [4.78, 5) is 4.62. The third kappa shape index (κ3) is 1.87. The second kappa shape index (κ2) is 4.54. The Bertz CT molecular complexity index is 875. The average Bonchev–Trinajstić information content (AvgIpc) is 3.01.